The summed E-state index contributed by atoms with van der Waals surface area (Å²) < 4.78 is 7.00. The number of fused-ring (bicyclic) bond motifs is 1. The van der Waals surface area contributed by atoms with Crippen LogP contribution < -0.4 is 5.73 Å². The Hall–Kier alpha value is -1.48. The second-order valence-corrected chi connectivity index (χ2v) is 4.12. The predicted octanol–water partition coefficient (Wildman–Crippen LogP) is -0.484. The van der Waals surface area contributed by atoms with Crippen LogP contribution in [-0.2, 0) is 4.74 Å². The minimum atomic E-state index is -0.754. The summed E-state index contributed by atoms with van der Waals surface area (Å²) >= 11 is 5.64. The van der Waals surface area contributed by atoms with Gasteiger partial charge in [0, 0.05) is 0 Å². The molecule has 2 rings (SSSR count). The third kappa shape index (κ3) is 2.76. The fourth-order valence-electron chi connectivity index (χ4n) is 1.63. The Morgan fingerprint density at radius 1 is 1.32 bits per heavy atom. The number of ether oxygens (including phenoxy) is 1. The van der Waals surface area contributed by atoms with E-state index in [9.17, 15) is 5.11 Å². The number of aliphatic hydroxyl groups is 2. The average molecular weight is 288 g/mol. The molecule has 19 heavy (non-hydrogen) atoms. The summed E-state index contributed by atoms with van der Waals surface area (Å²) in [7, 11) is 0. The van der Waals surface area contributed by atoms with Crippen molar-refractivity contribution in [3.63, 3.8) is 0 Å². The van der Waals surface area contributed by atoms with Crippen molar-refractivity contribution in [2.75, 3.05) is 24.8 Å². The summed E-state index contributed by atoms with van der Waals surface area (Å²) in [5.74, 6) is 0.355. The number of aliphatic hydroxyl groups excluding tert-OH is 2. The van der Waals surface area contributed by atoms with E-state index in [4.69, 9.17) is 27.2 Å². The molecule has 0 fully saturated rings. The van der Waals surface area contributed by atoms with E-state index in [1.54, 1.807) is 0 Å². The number of halogens is 1. The number of alkyl halides is 1. The molecule has 8 nitrogen and oxygen atoms in total. The van der Waals surface area contributed by atoms with Crippen molar-refractivity contribution >= 4 is 28.6 Å². The lowest BCUT2D eigenvalue weighted by molar-refractivity contribution is -0.0857. The highest BCUT2D eigenvalue weighted by atomic mass is 35.5. The van der Waals surface area contributed by atoms with Gasteiger partial charge in [-0.3, -0.25) is 4.57 Å². The minimum absolute atomic E-state index is 0.108. The maximum Gasteiger partial charge on any atom is 0.167 e. The number of imidazole rings is 1. The molecule has 0 aliphatic rings. The molecule has 2 aromatic rings. The molecule has 0 radical (unpaired) electrons. The molecule has 0 aliphatic heterocycles. The lowest BCUT2D eigenvalue weighted by atomic mass is 10.4. The van der Waals surface area contributed by atoms with Gasteiger partial charge in [-0.05, 0) is 0 Å². The number of nitrogen functional groups attached to an aromatic ring is 1. The van der Waals surface area contributed by atoms with Gasteiger partial charge in [0.25, 0.3) is 0 Å². The molecule has 2 heterocycles. The SMILES string of the molecule is Nc1ncnc2c1ncn2[C@@H](CO)O[C@@H](CO)CCl. The fraction of sp³-hybridized carbons (Fsp3) is 0.500. The molecule has 0 saturated carbocycles. The van der Waals surface area contributed by atoms with Crippen LogP contribution in [0.3, 0.4) is 0 Å². The number of nitrogens with two attached hydrogens (primary N) is 1. The molecule has 4 N–H and O–H groups in total. The number of anilines is 1. The van der Waals surface area contributed by atoms with E-state index in [0.29, 0.717) is 11.2 Å². The van der Waals surface area contributed by atoms with E-state index in [0.717, 1.165) is 0 Å². The van der Waals surface area contributed by atoms with E-state index in [1.807, 2.05) is 0 Å². The number of nitrogens with zero attached hydrogens (tertiary/aromatic N) is 4. The van der Waals surface area contributed by atoms with Crippen LogP contribution in [0, 0.1) is 0 Å². The van der Waals surface area contributed by atoms with Crippen molar-refractivity contribution in [3.8, 4) is 0 Å². The van der Waals surface area contributed by atoms with Crippen LogP contribution >= 0.6 is 11.6 Å². The average Bonchev–Trinajstić information content (AvgIpc) is 2.86. The Labute approximate surface area is 113 Å². The second-order valence-electron chi connectivity index (χ2n) is 3.82. The first-order valence-electron chi connectivity index (χ1n) is 5.57. The summed E-state index contributed by atoms with van der Waals surface area (Å²) in [5, 5.41) is 18.5. The van der Waals surface area contributed by atoms with E-state index in [-0.39, 0.29) is 24.9 Å². The van der Waals surface area contributed by atoms with Gasteiger partial charge in [-0.15, -0.1) is 11.6 Å². The zero-order chi connectivity index (χ0) is 13.8. The van der Waals surface area contributed by atoms with Gasteiger partial charge in [0.2, 0.25) is 0 Å². The zero-order valence-electron chi connectivity index (χ0n) is 9.98. The first kappa shape index (κ1) is 13.9. The summed E-state index contributed by atoms with van der Waals surface area (Å²) in [6.07, 6.45) is 1.40. The van der Waals surface area contributed by atoms with Gasteiger partial charge in [0.05, 0.1) is 31.5 Å². The first-order chi connectivity index (χ1) is 9.21. The quantitative estimate of drug-likeness (QED) is 0.614. The predicted molar refractivity (Wildman–Crippen MR) is 68.5 cm³/mol. The number of rotatable bonds is 6. The zero-order valence-corrected chi connectivity index (χ0v) is 10.7. The van der Waals surface area contributed by atoms with Crippen LogP contribution in [0.15, 0.2) is 12.7 Å². The Kier molecular flexibility index (Phi) is 4.48. The van der Waals surface area contributed by atoms with Gasteiger partial charge >= 0.3 is 0 Å². The maximum atomic E-state index is 9.39. The largest absolute Gasteiger partial charge is 0.394 e. The molecule has 0 bridgehead atoms. The third-order valence-corrected chi connectivity index (χ3v) is 2.92. The standard InChI is InChI=1S/C10H14ClN5O3/c11-1-6(2-17)19-7(3-18)16-5-15-8-9(12)13-4-14-10(8)16/h4-7,17-18H,1-3H2,(H2,12,13,14)/t6-,7-/m1/s1. The van der Waals surface area contributed by atoms with Gasteiger partial charge in [0.15, 0.2) is 17.7 Å². The molecule has 104 valence electrons. The van der Waals surface area contributed by atoms with E-state index < -0.39 is 12.3 Å². The molecule has 0 aliphatic carbocycles. The lowest BCUT2D eigenvalue weighted by Crippen LogP contribution is -2.27. The van der Waals surface area contributed by atoms with E-state index >= 15 is 0 Å². The van der Waals surface area contributed by atoms with Crippen molar-refractivity contribution in [1.82, 2.24) is 19.5 Å². The lowest BCUT2D eigenvalue weighted by Gasteiger charge is -2.21. The van der Waals surface area contributed by atoms with Gasteiger partial charge in [0.1, 0.15) is 11.8 Å². The molecule has 0 amide bonds. The fourth-order valence-corrected chi connectivity index (χ4v) is 1.80. The summed E-state index contributed by atoms with van der Waals surface area (Å²) in [4.78, 5) is 12.0. The van der Waals surface area contributed by atoms with Crippen molar-refractivity contribution in [2.24, 2.45) is 0 Å². The topological polar surface area (TPSA) is 119 Å². The van der Waals surface area contributed by atoms with Crippen molar-refractivity contribution in [3.05, 3.63) is 12.7 Å². The smallest absolute Gasteiger partial charge is 0.167 e. The highest BCUT2D eigenvalue weighted by Crippen LogP contribution is 2.20. The van der Waals surface area contributed by atoms with Crippen LogP contribution in [-0.4, -0.2) is 54.9 Å². The molecule has 0 unspecified atom stereocenters. The molecule has 2 aromatic heterocycles. The van der Waals surface area contributed by atoms with Crippen LogP contribution in [0.4, 0.5) is 5.82 Å². The highest BCUT2D eigenvalue weighted by molar-refractivity contribution is 6.18. The van der Waals surface area contributed by atoms with Crippen LogP contribution in [0.25, 0.3) is 11.2 Å². The normalized spacial score (nSPS) is 14.7. The molecule has 9 heteroatoms. The molecule has 0 aromatic carbocycles. The number of hydrogen-bond acceptors (Lipinski definition) is 7. The summed E-state index contributed by atoms with van der Waals surface area (Å²) in [5.41, 5.74) is 6.54. The molecular weight excluding hydrogens is 274 g/mol. The highest BCUT2D eigenvalue weighted by Gasteiger charge is 2.20. The Morgan fingerprint density at radius 3 is 2.74 bits per heavy atom. The van der Waals surface area contributed by atoms with Crippen molar-refractivity contribution < 1.29 is 14.9 Å². The van der Waals surface area contributed by atoms with Crippen LogP contribution in [0.1, 0.15) is 6.23 Å². The Balaban J connectivity index is 2.33. The van der Waals surface area contributed by atoms with Crippen molar-refractivity contribution in [1.29, 1.82) is 0 Å². The van der Waals surface area contributed by atoms with Gasteiger partial charge < -0.3 is 20.7 Å². The maximum absolute atomic E-state index is 9.39. The van der Waals surface area contributed by atoms with Crippen LogP contribution in [0.5, 0.6) is 0 Å². The van der Waals surface area contributed by atoms with Gasteiger partial charge in [-0.1, -0.05) is 0 Å². The Morgan fingerprint density at radius 2 is 2.11 bits per heavy atom. The van der Waals surface area contributed by atoms with Crippen molar-refractivity contribution in [2.45, 2.75) is 12.3 Å². The van der Waals surface area contributed by atoms with Gasteiger partial charge in [-0.2, -0.15) is 0 Å². The molecular formula is C10H14ClN5O3. The molecule has 0 saturated heterocycles. The first-order valence-corrected chi connectivity index (χ1v) is 6.10. The monoisotopic (exact) mass is 287 g/mol. The molecule has 2 atom stereocenters. The van der Waals surface area contributed by atoms with Crippen LogP contribution in [0.2, 0.25) is 0 Å². The third-order valence-electron chi connectivity index (χ3n) is 2.58. The molecule has 0 spiro atoms. The second kappa shape index (κ2) is 6.11. The van der Waals surface area contributed by atoms with E-state index in [2.05, 4.69) is 15.0 Å². The summed E-state index contributed by atoms with van der Waals surface area (Å²) in [6.45, 7) is -0.563. The summed E-state index contributed by atoms with van der Waals surface area (Å²) in [6, 6.07) is 0. The van der Waals surface area contributed by atoms with E-state index in [1.165, 1.54) is 17.2 Å². The minimum Gasteiger partial charge on any atom is -0.394 e. The number of hydrogen-bond donors (Lipinski definition) is 3. The van der Waals surface area contributed by atoms with Gasteiger partial charge in [-0.25, -0.2) is 15.0 Å². The Bertz CT molecular complexity index is 545. The number of aromatic nitrogens is 4.